The molecule has 10 heteroatoms. The van der Waals surface area contributed by atoms with Crippen molar-refractivity contribution < 1.29 is 31.1 Å². The van der Waals surface area contributed by atoms with Crippen LogP contribution in [0.25, 0.3) is 0 Å². The van der Waals surface area contributed by atoms with E-state index in [1.807, 2.05) is 11.9 Å². The minimum absolute atomic E-state index is 0.0432. The lowest BCUT2D eigenvalue weighted by Gasteiger charge is -2.60. The molecule has 0 bridgehead atoms. The minimum Gasteiger partial charge on any atom is -0.404 e. The molecule has 0 spiro atoms. The Morgan fingerprint density at radius 1 is 1.06 bits per heavy atom. The lowest BCUT2D eigenvalue weighted by atomic mass is 9.48. The van der Waals surface area contributed by atoms with E-state index in [4.69, 9.17) is 0 Å². The first kappa shape index (κ1) is 25.6. The third kappa shape index (κ3) is 4.04. The van der Waals surface area contributed by atoms with Gasteiger partial charge >= 0.3 is 6.36 Å². The average molecular weight is 527 g/mol. The number of halogens is 3. The van der Waals surface area contributed by atoms with Gasteiger partial charge in [0.2, 0.25) is 15.9 Å². The number of alkyl halides is 3. The number of likely N-dealkylation sites (N-methyl/N-ethyl adjacent to an activating group) is 1. The van der Waals surface area contributed by atoms with Crippen molar-refractivity contribution in [2.75, 3.05) is 7.05 Å². The quantitative estimate of drug-likeness (QED) is 0.607. The molecule has 0 aromatic heterocycles. The van der Waals surface area contributed by atoms with Crippen molar-refractivity contribution in [1.82, 2.24) is 9.62 Å². The van der Waals surface area contributed by atoms with Gasteiger partial charge in [0.25, 0.3) is 0 Å². The average Bonchev–Trinajstić information content (AvgIpc) is 3.11. The Hall–Kier alpha value is -2.07. The van der Waals surface area contributed by atoms with Crippen molar-refractivity contribution in [3.8, 4) is 5.75 Å². The maximum atomic E-state index is 13.3. The van der Waals surface area contributed by atoms with Crippen LogP contribution in [0, 0.1) is 28.6 Å². The van der Waals surface area contributed by atoms with Crippen molar-refractivity contribution in [2.24, 2.45) is 28.6 Å². The number of ether oxygens (including phenoxy) is 1. The molecule has 5 rings (SSSR count). The number of hydrogen-bond donors (Lipinski definition) is 1. The maximum absolute atomic E-state index is 13.3. The molecule has 3 aliphatic carbocycles. The summed E-state index contributed by atoms with van der Waals surface area (Å²) >= 11 is 0. The second-order valence-electron chi connectivity index (χ2n) is 11.4. The lowest BCUT2D eigenvalue weighted by Crippen LogP contribution is -2.60. The molecule has 36 heavy (non-hydrogen) atoms. The number of hydrogen-bond acceptors (Lipinski definition) is 4. The summed E-state index contributed by atoms with van der Waals surface area (Å²) in [5, 5.41) is 0. The second kappa shape index (κ2) is 8.48. The van der Waals surface area contributed by atoms with Crippen LogP contribution in [0.4, 0.5) is 13.2 Å². The topological polar surface area (TPSA) is 75.7 Å². The third-order valence-electron chi connectivity index (χ3n) is 9.79. The highest BCUT2D eigenvalue weighted by Crippen LogP contribution is 2.64. The highest BCUT2D eigenvalue weighted by Gasteiger charge is 2.60. The van der Waals surface area contributed by atoms with E-state index >= 15 is 0 Å². The van der Waals surface area contributed by atoms with Crippen molar-refractivity contribution in [1.29, 1.82) is 0 Å². The molecule has 0 saturated heterocycles. The molecular weight excluding hydrogens is 493 g/mol. The Labute approximate surface area is 210 Å². The van der Waals surface area contributed by atoms with Crippen LogP contribution in [-0.2, 0) is 14.8 Å². The smallest absolute Gasteiger partial charge is 0.404 e. The summed E-state index contributed by atoms with van der Waals surface area (Å²) in [7, 11) is -2.36. The molecule has 6 nitrogen and oxygen atoms in total. The number of nitrogens with zero attached hydrogens (tertiary/aromatic N) is 1. The summed E-state index contributed by atoms with van der Waals surface area (Å²) in [5.41, 5.74) is -0.407. The van der Waals surface area contributed by atoms with Gasteiger partial charge in [-0.15, -0.1) is 13.2 Å². The zero-order chi connectivity index (χ0) is 26.1. The summed E-state index contributed by atoms with van der Waals surface area (Å²) < 4.78 is 72.0. The number of amides is 1. The second-order valence-corrected chi connectivity index (χ2v) is 13.1. The van der Waals surface area contributed by atoms with E-state index in [1.165, 1.54) is 12.1 Å². The summed E-state index contributed by atoms with van der Waals surface area (Å²) in [6.07, 6.45) is 3.95. The molecule has 3 saturated carbocycles. The van der Waals surface area contributed by atoms with E-state index in [-0.39, 0.29) is 28.8 Å². The molecule has 0 unspecified atom stereocenters. The molecule has 0 radical (unpaired) electrons. The Balaban J connectivity index is 1.39. The first-order chi connectivity index (χ1) is 16.8. The number of nitrogens with one attached hydrogen (secondary N) is 1. The van der Waals surface area contributed by atoms with Gasteiger partial charge in [0, 0.05) is 24.5 Å². The number of benzene rings is 1. The van der Waals surface area contributed by atoms with Crippen molar-refractivity contribution in [3.63, 3.8) is 0 Å². The normalized spacial score (nSPS) is 38.3. The Bertz CT molecular complexity index is 1190. The van der Waals surface area contributed by atoms with Crippen molar-refractivity contribution in [2.45, 2.75) is 75.7 Å². The standard InChI is InChI=1S/C26H33F3N2O4S/c1-24-14-12-18-16(8-11-22-25(18,2)15-13-23(32)31(22)3)17(24)9-10-21(24)30-36(33,34)20-7-5-4-6-19(20)35-26(27,28)29/h4-7,13,15-18,21-22,30H,8-12,14H2,1-3H3/t16-,17-,18-,21-,22+,24-,25+/m0/s1. The third-order valence-corrected chi connectivity index (χ3v) is 11.3. The molecule has 7 atom stereocenters. The Morgan fingerprint density at radius 2 is 1.78 bits per heavy atom. The van der Waals surface area contributed by atoms with Gasteiger partial charge in [-0.05, 0) is 79.9 Å². The van der Waals surface area contributed by atoms with Crippen LogP contribution in [0.15, 0.2) is 41.3 Å². The van der Waals surface area contributed by atoms with Crippen molar-refractivity contribution >= 4 is 15.9 Å². The van der Waals surface area contributed by atoms with Gasteiger partial charge in [0.1, 0.15) is 10.6 Å². The van der Waals surface area contributed by atoms with E-state index in [9.17, 15) is 26.4 Å². The zero-order valence-electron chi connectivity index (χ0n) is 20.7. The molecule has 1 N–H and O–H groups in total. The molecule has 1 aromatic carbocycles. The first-order valence-electron chi connectivity index (χ1n) is 12.6. The van der Waals surface area contributed by atoms with E-state index < -0.39 is 27.0 Å². The number of sulfonamides is 1. The largest absolute Gasteiger partial charge is 0.573 e. The van der Waals surface area contributed by atoms with Crippen LogP contribution in [0.1, 0.15) is 52.4 Å². The predicted molar refractivity (Wildman–Crippen MR) is 127 cm³/mol. The predicted octanol–water partition coefficient (Wildman–Crippen LogP) is 4.87. The van der Waals surface area contributed by atoms with Crippen LogP contribution >= 0.6 is 0 Å². The SMILES string of the molecule is CN1C(=O)C=C[C@]2(C)[C@H]3CC[C@]4(C)[C@@H](NS(=O)(=O)c5ccccc5OC(F)(F)F)CC[C@H]4[C@@H]3CC[C@@H]12. The van der Waals surface area contributed by atoms with Gasteiger partial charge in [-0.25, -0.2) is 13.1 Å². The van der Waals surface area contributed by atoms with Crippen LogP contribution < -0.4 is 9.46 Å². The fraction of sp³-hybridized carbons (Fsp3) is 0.654. The molecule has 1 aliphatic heterocycles. The maximum Gasteiger partial charge on any atom is 0.573 e. The van der Waals surface area contributed by atoms with Gasteiger partial charge in [0.15, 0.2) is 0 Å². The van der Waals surface area contributed by atoms with Gasteiger partial charge in [0.05, 0.1) is 0 Å². The minimum atomic E-state index is -4.99. The number of rotatable bonds is 4. The summed E-state index contributed by atoms with van der Waals surface area (Å²) in [6, 6.07) is 4.66. The molecule has 1 amide bonds. The fourth-order valence-corrected chi connectivity index (χ4v) is 9.58. The number of carbonyl (C=O) groups excluding carboxylic acids is 1. The zero-order valence-corrected chi connectivity index (χ0v) is 21.5. The molecule has 3 fully saturated rings. The highest BCUT2D eigenvalue weighted by molar-refractivity contribution is 7.89. The van der Waals surface area contributed by atoms with Gasteiger partial charge in [-0.2, -0.15) is 0 Å². The van der Waals surface area contributed by atoms with Crippen LogP contribution in [0.2, 0.25) is 0 Å². The Kier molecular flexibility index (Phi) is 6.02. The van der Waals surface area contributed by atoms with Crippen molar-refractivity contribution in [3.05, 3.63) is 36.4 Å². The molecule has 1 aromatic rings. The number of fused-ring (bicyclic) bond motifs is 5. The summed E-state index contributed by atoms with van der Waals surface area (Å²) in [6.45, 7) is 4.39. The first-order valence-corrected chi connectivity index (χ1v) is 14.1. The van der Waals surface area contributed by atoms with E-state index in [0.717, 1.165) is 44.2 Å². The van der Waals surface area contributed by atoms with Gasteiger partial charge in [-0.1, -0.05) is 32.1 Å². The van der Waals surface area contributed by atoms with Crippen LogP contribution in [0.5, 0.6) is 5.75 Å². The fourth-order valence-electron chi connectivity index (χ4n) is 8.06. The number of para-hydroxylation sites is 1. The molecule has 1 heterocycles. The van der Waals surface area contributed by atoms with E-state index in [0.29, 0.717) is 24.2 Å². The van der Waals surface area contributed by atoms with Gasteiger partial charge in [-0.3, -0.25) is 4.79 Å². The lowest BCUT2D eigenvalue weighted by molar-refractivity contribution is -0.275. The van der Waals surface area contributed by atoms with Crippen LogP contribution in [0.3, 0.4) is 0 Å². The molecule has 198 valence electrons. The van der Waals surface area contributed by atoms with Crippen LogP contribution in [-0.4, -0.2) is 44.7 Å². The molecule has 4 aliphatic rings. The van der Waals surface area contributed by atoms with E-state index in [2.05, 4.69) is 29.4 Å². The summed E-state index contributed by atoms with van der Waals surface area (Å²) in [5.74, 6) is 0.431. The van der Waals surface area contributed by atoms with Gasteiger partial charge < -0.3 is 9.64 Å². The monoisotopic (exact) mass is 526 g/mol. The number of carbonyl (C=O) groups is 1. The highest BCUT2D eigenvalue weighted by atomic mass is 32.2. The summed E-state index contributed by atoms with van der Waals surface area (Å²) in [4.78, 5) is 13.6. The van der Waals surface area contributed by atoms with E-state index in [1.54, 1.807) is 6.08 Å². The molecular formula is C26H33F3N2O4S. The Morgan fingerprint density at radius 3 is 2.50 bits per heavy atom.